The first kappa shape index (κ1) is 11.5. The van der Waals surface area contributed by atoms with E-state index in [1.54, 1.807) is 6.33 Å². The molecule has 4 nitrogen and oxygen atoms in total. The fourth-order valence-corrected chi connectivity index (χ4v) is 1.80. The SMILES string of the molecule is Cc1ncnc(C)c1B1OCC(C)(C)CO1. The van der Waals surface area contributed by atoms with Crippen LogP contribution in [-0.4, -0.2) is 30.3 Å². The minimum absolute atomic E-state index is 0.0912. The maximum Gasteiger partial charge on any atom is 0.497 e. The molecule has 0 amide bonds. The summed E-state index contributed by atoms with van der Waals surface area (Å²) in [6, 6.07) is 0. The van der Waals surface area contributed by atoms with Crippen molar-refractivity contribution in [1.29, 1.82) is 0 Å². The predicted molar refractivity (Wildman–Crippen MR) is 62.6 cm³/mol. The van der Waals surface area contributed by atoms with E-state index < -0.39 is 0 Å². The molecular formula is C11H17BN2O2. The average Bonchev–Trinajstić information content (AvgIpc) is 2.20. The van der Waals surface area contributed by atoms with Gasteiger partial charge in [-0.3, -0.25) is 0 Å². The summed E-state index contributed by atoms with van der Waals surface area (Å²) in [5, 5.41) is 0. The highest BCUT2D eigenvalue weighted by atomic mass is 16.6. The van der Waals surface area contributed by atoms with Gasteiger partial charge in [0.2, 0.25) is 0 Å². The van der Waals surface area contributed by atoms with Gasteiger partial charge in [0.15, 0.2) is 0 Å². The Labute approximate surface area is 96.5 Å². The van der Waals surface area contributed by atoms with Crippen LogP contribution in [0.5, 0.6) is 0 Å². The molecule has 0 saturated carbocycles. The van der Waals surface area contributed by atoms with E-state index in [4.69, 9.17) is 9.31 Å². The van der Waals surface area contributed by atoms with Gasteiger partial charge < -0.3 is 9.31 Å². The molecule has 0 N–H and O–H groups in total. The molecule has 1 saturated heterocycles. The Kier molecular flexibility index (Phi) is 2.99. The molecule has 1 aliphatic heterocycles. The Balaban J connectivity index is 2.20. The molecule has 0 bridgehead atoms. The fraction of sp³-hybridized carbons (Fsp3) is 0.636. The molecule has 5 heteroatoms. The van der Waals surface area contributed by atoms with Gasteiger partial charge in [-0.05, 0) is 13.8 Å². The van der Waals surface area contributed by atoms with Crippen molar-refractivity contribution in [2.24, 2.45) is 5.41 Å². The number of aromatic nitrogens is 2. The Morgan fingerprint density at radius 1 is 1.12 bits per heavy atom. The second-order valence-corrected chi connectivity index (χ2v) is 5.08. The lowest BCUT2D eigenvalue weighted by Crippen LogP contribution is -2.49. The van der Waals surface area contributed by atoms with Crippen molar-refractivity contribution in [2.75, 3.05) is 13.2 Å². The molecule has 0 atom stereocenters. The number of nitrogens with zero attached hydrogens (tertiary/aromatic N) is 2. The number of aryl methyl sites for hydroxylation is 2. The quantitative estimate of drug-likeness (QED) is 0.658. The number of hydrogen-bond acceptors (Lipinski definition) is 4. The van der Waals surface area contributed by atoms with Crippen LogP contribution in [0, 0.1) is 19.3 Å². The van der Waals surface area contributed by atoms with Gasteiger partial charge in [-0.2, -0.15) is 0 Å². The predicted octanol–water partition coefficient (Wildman–Crippen LogP) is 0.862. The molecule has 0 radical (unpaired) electrons. The van der Waals surface area contributed by atoms with Crippen LogP contribution in [0.25, 0.3) is 0 Å². The van der Waals surface area contributed by atoms with Crippen molar-refractivity contribution in [3.63, 3.8) is 0 Å². The van der Waals surface area contributed by atoms with Crippen molar-refractivity contribution in [2.45, 2.75) is 27.7 Å². The molecule has 2 rings (SSSR count). The average molecular weight is 220 g/mol. The van der Waals surface area contributed by atoms with Crippen molar-refractivity contribution in [3.8, 4) is 0 Å². The molecule has 86 valence electrons. The topological polar surface area (TPSA) is 44.2 Å². The summed E-state index contributed by atoms with van der Waals surface area (Å²) in [5.74, 6) is 0. The molecule has 1 aromatic heterocycles. The lowest BCUT2D eigenvalue weighted by Gasteiger charge is -2.33. The first-order valence-electron chi connectivity index (χ1n) is 5.51. The van der Waals surface area contributed by atoms with Crippen molar-refractivity contribution >= 4 is 12.6 Å². The monoisotopic (exact) mass is 220 g/mol. The summed E-state index contributed by atoms with van der Waals surface area (Å²) in [7, 11) is -0.311. The van der Waals surface area contributed by atoms with Crippen LogP contribution < -0.4 is 5.46 Å². The van der Waals surface area contributed by atoms with Gasteiger partial charge in [-0.1, -0.05) is 13.8 Å². The Hall–Kier alpha value is -0.935. The summed E-state index contributed by atoms with van der Waals surface area (Å²) in [6.45, 7) is 9.57. The van der Waals surface area contributed by atoms with Gasteiger partial charge in [-0.25, -0.2) is 9.97 Å². The standard InChI is InChI=1S/C11H17BN2O2/c1-8-10(9(2)14-7-13-8)12-15-5-11(3,4)6-16-12/h7H,5-6H2,1-4H3. The van der Waals surface area contributed by atoms with Gasteiger partial charge in [-0.15, -0.1) is 0 Å². The van der Waals surface area contributed by atoms with E-state index in [1.807, 2.05) is 13.8 Å². The number of hydrogen-bond donors (Lipinski definition) is 0. The fourth-order valence-electron chi connectivity index (χ4n) is 1.80. The summed E-state index contributed by atoms with van der Waals surface area (Å²) >= 11 is 0. The van der Waals surface area contributed by atoms with E-state index in [9.17, 15) is 0 Å². The first-order chi connectivity index (χ1) is 7.49. The van der Waals surface area contributed by atoms with Crippen LogP contribution in [0.3, 0.4) is 0 Å². The molecule has 2 heterocycles. The largest absolute Gasteiger partial charge is 0.497 e. The van der Waals surface area contributed by atoms with Crippen LogP contribution in [0.1, 0.15) is 25.2 Å². The maximum absolute atomic E-state index is 5.74. The van der Waals surface area contributed by atoms with Crippen molar-refractivity contribution in [1.82, 2.24) is 9.97 Å². The van der Waals surface area contributed by atoms with Crippen LogP contribution >= 0.6 is 0 Å². The van der Waals surface area contributed by atoms with E-state index in [0.717, 1.165) is 16.9 Å². The second-order valence-electron chi connectivity index (χ2n) is 5.08. The van der Waals surface area contributed by atoms with Gasteiger partial charge >= 0.3 is 7.12 Å². The van der Waals surface area contributed by atoms with E-state index in [2.05, 4.69) is 23.8 Å². The second kappa shape index (κ2) is 4.15. The molecule has 1 aromatic rings. The molecular weight excluding hydrogens is 203 g/mol. The zero-order chi connectivity index (χ0) is 11.8. The molecule has 0 unspecified atom stereocenters. The van der Waals surface area contributed by atoms with Crippen LogP contribution in [0.4, 0.5) is 0 Å². The molecule has 16 heavy (non-hydrogen) atoms. The van der Waals surface area contributed by atoms with E-state index >= 15 is 0 Å². The summed E-state index contributed by atoms with van der Waals surface area (Å²) in [4.78, 5) is 8.36. The lowest BCUT2D eigenvalue weighted by molar-refractivity contribution is 0.0341. The minimum atomic E-state index is -0.311. The number of rotatable bonds is 1. The summed E-state index contributed by atoms with van der Waals surface area (Å²) < 4.78 is 11.5. The van der Waals surface area contributed by atoms with Crippen LogP contribution in [0.15, 0.2) is 6.33 Å². The van der Waals surface area contributed by atoms with Gasteiger partial charge in [0.05, 0.1) is 0 Å². The van der Waals surface area contributed by atoms with Crippen molar-refractivity contribution < 1.29 is 9.31 Å². The van der Waals surface area contributed by atoms with E-state index in [1.165, 1.54) is 0 Å². The molecule has 1 fully saturated rings. The van der Waals surface area contributed by atoms with Gasteiger partial charge in [0.25, 0.3) is 0 Å². The smallest absolute Gasteiger partial charge is 0.407 e. The van der Waals surface area contributed by atoms with Crippen LogP contribution in [-0.2, 0) is 9.31 Å². The van der Waals surface area contributed by atoms with Crippen LogP contribution in [0.2, 0.25) is 0 Å². The van der Waals surface area contributed by atoms with Crippen molar-refractivity contribution in [3.05, 3.63) is 17.7 Å². The third kappa shape index (κ3) is 2.25. The van der Waals surface area contributed by atoms with E-state index in [-0.39, 0.29) is 12.5 Å². The molecule has 0 aliphatic carbocycles. The normalized spacial score (nSPS) is 19.9. The third-order valence-corrected chi connectivity index (χ3v) is 2.77. The van der Waals surface area contributed by atoms with Gasteiger partial charge in [0, 0.05) is 35.5 Å². The first-order valence-corrected chi connectivity index (χ1v) is 5.51. The highest BCUT2D eigenvalue weighted by Crippen LogP contribution is 2.21. The van der Waals surface area contributed by atoms with E-state index in [0.29, 0.717) is 13.2 Å². The lowest BCUT2D eigenvalue weighted by atomic mass is 9.74. The Morgan fingerprint density at radius 2 is 1.62 bits per heavy atom. The highest BCUT2D eigenvalue weighted by Gasteiger charge is 2.35. The Bertz CT molecular complexity index is 365. The zero-order valence-electron chi connectivity index (χ0n) is 10.3. The molecule has 1 aliphatic rings. The molecule has 0 spiro atoms. The zero-order valence-corrected chi connectivity index (χ0v) is 10.3. The highest BCUT2D eigenvalue weighted by molar-refractivity contribution is 6.62. The Morgan fingerprint density at radius 3 is 2.12 bits per heavy atom. The summed E-state index contributed by atoms with van der Waals surface area (Å²) in [5.41, 5.74) is 2.92. The maximum atomic E-state index is 5.74. The molecule has 0 aromatic carbocycles. The minimum Gasteiger partial charge on any atom is -0.407 e. The summed E-state index contributed by atoms with van der Waals surface area (Å²) in [6.07, 6.45) is 1.57. The third-order valence-electron chi connectivity index (χ3n) is 2.77. The van der Waals surface area contributed by atoms with Gasteiger partial charge in [0.1, 0.15) is 6.33 Å².